The van der Waals surface area contributed by atoms with Crippen LogP contribution in [-0.2, 0) is 4.79 Å². The summed E-state index contributed by atoms with van der Waals surface area (Å²) in [5.41, 5.74) is 1.98. The van der Waals surface area contributed by atoms with Crippen molar-refractivity contribution < 1.29 is 24.1 Å². The molecule has 0 aromatic heterocycles. The van der Waals surface area contributed by atoms with E-state index in [2.05, 4.69) is 23.1 Å². The first-order chi connectivity index (χ1) is 17.5. The number of carbonyl (C=O) groups is 1. The first-order valence-electron chi connectivity index (χ1n) is 12.9. The Morgan fingerprint density at radius 3 is 2.36 bits per heavy atom. The van der Waals surface area contributed by atoms with E-state index in [1.807, 2.05) is 54.4 Å². The third-order valence-electron chi connectivity index (χ3n) is 7.09. The van der Waals surface area contributed by atoms with Crippen molar-refractivity contribution in [1.29, 1.82) is 0 Å². The highest BCUT2D eigenvalue weighted by molar-refractivity contribution is 7.96. The van der Waals surface area contributed by atoms with Gasteiger partial charge in [-0.2, -0.15) is 0 Å². The van der Waals surface area contributed by atoms with Gasteiger partial charge in [0.05, 0.1) is 18.9 Å². The predicted octanol–water partition coefficient (Wildman–Crippen LogP) is 5.77. The standard InChI is InChI=1S/C28H38N2O5S/c1-4-6-14-30(15-7-5-2)36-18-29-17-23(21-10-13-24-25(16-21)35-19-34-24)26(28(31)32)27(29)20-8-11-22(33-3)12-9-20/h8-13,16,23,26-27H,4-7,14-15,17-19H2,1-3H3,(H,31,32). The highest BCUT2D eigenvalue weighted by Gasteiger charge is 2.47. The molecule has 2 aromatic rings. The number of hydrogen-bond donors (Lipinski definition) is 1. The van der Waals surface area contributed by atoms with Gasteiger partial charge in [0.1, 0.15) is 5.75 Å². The van der Waals surface area contributed by atoms with E-state index in [0.717, 1.165) is 61.5 Å². The van der Waals surface area contributed by atoms with Crippen molar-refractivity contribution in [3.8, 4) is 17.2 Å². The van der Waals surface area contributed by atoms with E-state index in [-0.39, 0.29) is 18.8 Å². The van der Waals surface area contributed by atoms with Gasteiger partial charge in [0.25, 0.3) is 0 Å². The molecule has 1 fully saturated rings. The van der Waals surface area contributed by atoms with E-state index in [4.69, 9.17) is 14.2 Å². The number of hydrogen-bond acceptors (Lipinski definition) is 7. The van der Waals surface area contributed by atoms with Gasteiger partial charge in [-0.05, 0) is 48.2 Å². The van der Waals surface area contributed by atoms with Gasteiger partial charge in [-0.25, -0.2) is 4.31 Å². The van der Waals surface area contributed by atoms with E-state index >= 15 is 0 Å². The monoisotopic (exact) mass is 514 g/mol. The summed E-state index contributed by atoms with van der Waals surface area (Å²) >= 11 is 1.83. The molecule has 1 saturated heterocycles. The molecule has 2 aliphatic rings. The number of aliphatic carboxylic acids is 1. The summed E-state index contributed by atoms with van der Waals surface area (Å²) in [6, 6.07) is 13.5. The van der Waals surface area contributed by atoms with E-state index in [9.17, 15) is 9.90 Å². The fourth-order valence-corrected chi connectivity index (χ4v) is 6.20. The molecule has 8 heteroatoms. The Morgan fingerprint density at radius 1 is 1.06 bits per heavy atom. The molecule has 0 saturated carbocycles. The van der Waals surface area contributed by atoms with Gasteiger partial charge >= 0.3 is 5.97 Å². The minimum absolute atomic E-state index is 0.163. The zero-order chi connectivity index (χ0) is 25.5. The van der Waals surface area contributed by atoms with Gasteiger partial charge in [-0.1, -0.05) is 56.8 Å². The number of fused-ring (bicyclic) bond motifs is 1. The summed E-state index contributed by atoms with van der Waals surface area (Å²) < 4.78 is 18.9. The quantitative estimate of drug-likeness (QED) is 0.338. The third kappa shape index (κ3) is 6.10. The maximum Gasteiger partial charge on any atom is 0.309 e. The summed E-state index contributed by atoms with van der Waals surface area (Å²) in [5, 5.41) is 10.5. The number of methoxy groups -OCH3 is 1. The highest BCUT2D eigenvalue weighted by atomic mass is 32.2. The van der Waals surface area contributed by atoms with Crippen molar-refractivity contribution >= 4 is 17.9 Å². The second-order valence-electron chi connectivity index (χ2n) is 9.47. The van der Waals surface area contributed by atoms with E-state index < -0.39 is 11.9 Å². The molecule has 36 heavy (non-hydrogen) atoms. The lowest BCUT2D eigenvalue weighted by Gasteiger charge is -2.29. The number of likely N-dealkylation sites (tertiary alicyclic amines) is 1. The molecule has 2 aromatic carbocycles. The van der Waals surface area contributed by atoms with Crippen molar-refractivity contribution in [3.05, 3.63) is 53.6 Å². The van der Waals surface area contributed by atoms with Gasteiger partial charge < -0.3 is 19.3 Å². The second-order valence-corrected chi connectivity index (χ2v) is 10.5. The van der Waals surface area contributed by atoms with Gasteiger partial charge in [-0.15, -0.1) is 0 Å². The van der Waals surface area contributed by atoms with Gasteiger partial charge in [0.15, 0.2) is 11.5 Å². The Bertz CT molecular complexity index is 994. The number of ether oxygens (including phenoxy) is 3. The Balaban J connectivity index is 1.62. The molecule has 196 valence electrons. The summed E-state index contributed by atoms with van der Waals surface area (Å²) in [5.74, 6) is 1.39. The SMILES string of the molecule is CCCCN(CCCC)SCN1CC(c2ccc3c(c2)OCO3)C(C(=O)O)C1c1ccc(OC)cc1. The maximum atomic E-state index is 12.8. The maximum absolute atomic E-state index is 12.8. The number of rotatable bonds is 13. The summed E-state index contributed by atoms with van der Waals surface area (Å²) in [4.78, 5) is 15.1. The predicted molar refractivity (Wildman–Crippen MR) is 143 cm³/mol. The van der Waals surface area contributed by atoms with Crippen molar-refractivity contribution in [1.82, 2.24) is 9.21 Å². The lowest BCUT2D eigenvalue weighted by molar-refractivity contribution is -0.143. The number of carboxylic acid groups (broad SMARTS) is 1. The Labute approximate surface area is 218 Å². The number of carboxylic acids is 1. The van der Waals surface area contributed by atoms with Crippen molar-refractivity contribution in [2.24, 2.45) is 5.92 Å². The lowest BCUT2D eigenvalue weighted by Crippen LogP contribution is -2.30. The van der Waals surface area contributed by atoms with Crippen molar-refractivity contribution in [2.75, 3.05) is 39.4 Å². The molecule has 1 N–H and O–H groups in total. The van der Waals surface area contributed by atoms with Crippen LogP contribution in [0.5, 0.6) is 17.2 Å². The van der Waals surface area contributed by atoms with E-state index in [1.165, 1.54) is 0 Å². The molecule has 0 radical (unpaired) electrons. The Kier molecular flexibility index (Phi) is 9.40. The largest absolute Gasteiger partial charge is 0.497 e. The number of unbranched alkanes of at least 4 members (excludes halogenated alkanes) is 2. The Morgan fingerprint density at radius 2 is 1.72 bits per heavy atom. The van der Waals surface area contributed by atoms with E-state index in [0.29, 0.717) is 18.0 Å². The minimum Gasteiger partial charge on any atom is -0.497 e. The molecule has 0 aliphatic carbocycles. The molecule has 3 atom stereocenters. The number of nitrogens with zero attached hydrogens (tertiary/aromatic N) is 2. The van der Waals surface area contributed by atoms with Crippen molar-refractivity contribution in [2.45, 2.75) is 51.5 Å². The fourth-order valence-electron chi connectivity index (χ4n) is 5.11. The summed E-state index contributed by atoms with van der Waals surface area (Å²) in [6.07, 6.45) is 4.65. The first-order valence-corrected chi connectivity index (χ1v) is 13.9. The molecule has 4 rings (SSSR count). The minimum atomic E-state index is -0.778. The molecule has 2 heterocycles. The Hall–Kier alpha value is -2.42. The van der Waals surface area contributed by atoms with Crippen LogP contribution in [0.15, 0.2) is 42.5 Å². The lowest BCUT2D eigenvalue weighted by atomic mass is 9.83. The molecule has 7 nitrogen and oxygen atoms in total. The topological polar surface area (TPSA) is 71.5 Å². The molecule has 3 unspecified atom stereocenters. The van der Waals surface area contributed by atoms with Crippen LogP contribution in [0.2, 0.25) is 0 Å². The summed E-state index contributed by atoms with van der Waals surface area (Å²) in [7, 11) is 1.64. The summed E-state index contributed by atoms with van der Waals surface area (Å²) in [6.45, 7) is 7.41. The van der Waals surface area contributed by atoms with Crippen molar-refractivity contribution in [3.63, 3.8) is 0 Å². The second kappa shape index (κ2) is 12.7. The molecular weight excluding hydrogens is 476 g/mol. The smallest absolute Gasteiger partial charge is 0.309 e. The van der Waals surface area contributed by atoms with Crippen LogP contribution in [0.1, 0.15) is 62.6 Å². The zero-order valence-electron chi connectivity index (χ0n) is 21.5. The van der Waals surface area contributed by atoms with Crippen LogP contribution in [-0.4, -0.2) is 59.7 Å². The van der Waals surface area contributed by atoms with Crippen LogP contribution < -0.4 is 14.2 Å². The molecule has 0 bridgehead atoms. The normalized spacial score (nSPS) is 21.3. The molecular formula is C28H38N2O5S. The third-order valence-corrected chi connectivity index (χ3v) is 8.27. The van der Waals surface area contributed by atoms with Crippen LogP contribution in [0.3, 0.4) is 0 Å². The van der Waals surface area contributed by atoms with Gasteiger partial charge in [0.2, 0.25) is 6.79 Å². The highest BCUT2D eigenvalue weighted by Crippen LogP contribution is 2.48. The van der Waals surface area contributed by atoms with Gasteiger partial charge in [0, 0.05) is 31.6 Å². The molecule has 0 spiro atoms. The van der Waals surface area contributed by atoms with E-state index in [1.54, 1.807) is 7.11 Å². The average molecular weight is 515 g/mol. The number of benzene rings is 2. The first kappa shape index (κ1) is 26.6. The van der Waals surface area contributed by atoms with Crippen LogP contribution >= 0.6 is 11.9 Å². The zero-order valence-corrected chi connectivity index (χ0v) is 22.3. The van der Waals surface area contributed by atoms with Crippen LogP contribution in [0.4, 0.5) is 0 Å². The van der Waals surface area contributed by atoms with Crippen LogP contribution in [0.25, 0.3) is 0 Å². The van der Waals surface area contributed by atoms with Gasteiger partial charge in [-0.3, -0.25) is 9.69 Å². The molecule has 0 amide bonds. The molecule has 2 aliphatic heterocycles. The fraction of sp³-hybridized carbons (Fsp3) is 0.536. The van der Waals surface area contributed by atoms with Crippen LogP contribution in [0, 0.1) is 5.92 Å². The average Bonchev–Trinajstić information content (AvgIpc) is 3.52.